The summed E-state index contributed by atoms with van der Waals surface area (Å²) >= 11 is 2.18. The Bertz CT molecular complexity index is 1370. The molecule has 1 aromatic carbocycles. The van der Waals surface area contributed by atoms with Gasteiger partial charge in [0.1, 0.15) is 18.1 Å². The monoisotopic (exact) mass is 687 g/mol. The molecular formula is C28H39IN3O5PS. The molecule has 1 N–H and O–H groups in total. The van der Waals surface area contributed by atoms with Crippen molar-refractivity contribution in [1.29, 1.82) is 0 Å². The van der Waals surface area contributed by atoms with E-state index in [1.54, 1.807) is 0 Å². The van der Waals surface area contributed by atoms with Crippen LogP contribution in [0.2, 0.25) is 0 Å². The van der Waals surface area contributed by atoms with Crippen LogP contribution < -0.4 is 9.62 Å². The molecule has 1 aliphatic rings. The molecule has 1 aliphatic heterocycles. The second kappa shape index (κ2) is 13.6. The van der Waals surface area contributed by atoms with Gasteiger partial charge in [-0.3, -0.25) is 9.62 Å². The summed E-state index contributed by atoms with van der Waals surface area (Å²) in [6.07, 6.45) is 6.69. The predicted molar refractivity (Wildman–Crippen MR) is 168 cm³/mol. The lowest BCUT2D eigenvalue weighted by Crippen LogP contribution is -2.32. The first-order valence-electron chi connectivity index (χ1n) is 13.5. The molecule has 1 saturated heterocycles. The van der Waals surface area contributed by atoms with Crippen LogP contribution in [0.15, 0.2) is 34.7 Å². The minimum atomic E-state index is -3.53. The number of aromatic nitrogens is 1. The van der Waals surface area contributed by atoms with Gasteiger partial charge in [0.05, 0.1) is 16.2 Å². The lowest BCUT2D eigenvalue weighted by molar-refractivity contribution is 0.196. The fourth-order valence-electron chi connectivity index (χ4n) is 4.68. The van der Waals surface area contributed by atoms with Gasteiger partial charge in [0, 0.05) is 29.7 Å². The highest BCUT2D eigenvalue weighted by molar-refractivity contribution is 14.1. The highest BCUT2D eigenvalue weighted by atomic mass is 127. The van der Waals surface area contributed by atoms with Crippen molar-refractivity contribution in [2.75, 3.05) is 49.9 Å². The molecule has 0 amide bonds. The lowest BCUT2D eigenvalue weighted by atomic mass is 10.0. The van der Waals surface area contributed by atoms with Gasteiger partial charge >= 0.3 is 0 Å². The topological polar surface area (TPSA) is 97.2 Å². The third kappa shape index (κ3) is 7.51. The number of nitrogens with one attached hydrogen (secondary N) is 1. The Kier molecular flexibility index (Phi) is 10.7. The third-order valence-electron chi connectivity index (χ3n) is 6.89. The first-order chi connectivity index (χ1) is 18.7. The molecule has 1 fully saturated rings. The Morgan fingerprint density at radius 3 is 2.54 bits per heavy atom. The fourth-order valence-corrected chi connectivity index (χ4v) is 7.86. The number of hydrogen-bond acceptors (Lipinski definition) is 7. The van der Waals surface area contributed by atoms with Crippen molar-refractivity contribution in [2.45, 2.75) is 51.9 Å². The maximum atomic E-state index is 12.9. The fraction of sp³-hybridized carbons (Fsp3) is 0.536. The molecule has 214 valence electrons. The highest BCUT2D eigenvalue weighted by Gasteiger charge is 2.44. The number of aryl methyl sites for hydroxylation is 1. The quantitative estimate of drug-likeness (QED) is 0.0865. The Labute approximate surface area is 247 Å². The standard InChI is InChI=1S/C28H39IN3O5PS/c1-6-19-11-13-20(14-12-19)24-23(25-28(30-3)37-25)21-17-22(29)26(31-27(21)36-24)32(39(5,33)34)15-9-8-10-16-38(4)18-35-7-2/h11-14,17,25,28,30H,6-10,15-16,18H2,1-5H3. The first-order valence-corrected chi connectivity index (χ1v) is 18.6. The van der Waals surface area contributed by atoms with E-state index in [4.69, 9.17) is 18.9 Å². The molecular weight excluding hydrogens is 648 g/mol. The zero-order valence-corrected chi connectivity index (χ0v) is 27.2. The number of halogens is 1. The molecule has 3 heterocycles. The third-order valence-corrected chi connectivity index (χ3v) is 10.5. The first kappa shape index (κ1) is 30.7. The molecule has 0 bridgehead atoms. The second-order valence-electron chi connectivity index (χ2n) is 9.91. The molecule has 8 nitrogen and oxygen atoms in total. The van der Waals surface area contributed by atoms with E-state index in [0.717, 1.165) is 64.9 Å². The summed E-state index contributed by atoms with van der Waals surface area (Å²) in [5.74, 6) is 1.12. The smallest absolute Gasteiger partial charge is 0.233 e. The van der Waals surface area contributed by atoms with E-state index < -0.39 is 10.0 Å². The van der Waals surface area contributed by atoms with Crippen LogP contribution in [0.1, 0.15) is 50.3 Å². The second-order valence-corrected chi connectivity index (χ2v) is 15.4. The average Bonchev–Trinajstić information content (AvgIpc) is 3.60. The Balaban J connectivity index is 1.61. The molecule has 0 aliphatic carbocycles. The molecule has 3 atom stereocenters. The summed E-state index contributed by atoms with van der Waals surface area (Å²) in [6.45, 7) is 7.53. The van der Waals surface area contributed by atoms with E-state index in [1.807, 2.05) is 20.0 Å². The minimum Gasteiger partial charge on any atom is -0.437 e. The Morgan fingerprint density at radius 1 is 1.18 bits per heavy atom. The van der Waals surface area contributed by atoms with Crippen LogP contribution in [0.4, 0.5) is 5.82 Å². The van der Waals surface area contributed by atoms with Crippen LogP contribution in [-0.2, 0) is 25.9 Å². The van der Waals surface area contributed by atoms with Crippen molar-refractivity contribution in [3.05, 3.63) is 45.0 Å². The molecule has 3 unspecified atom stereocenters. The van der Waals surface area contributed by atoms with Gasteiger partial charge < -0.3 is 13.9 Å². The number of pyridine rings is 1. The number of benzene rings is 1. The number of anilines is 1. The molecule has 0 saturated carbocycles. The molecule has 39 heavy (non-hydrogen) atoms. The summed E-state index contributed by atoms with van der Waals surface area (Å²) in [5, 5.41) is 4.02. The molecule has 3 aromatic rings. The van der Waals surface area contributed by atoms with Crippen LogP contribution in [0.5, 0.6) is 0 Å². The van der Waals surface area contributed by atoms with Crippen LogP contribution in [0.3, 0.4) is 0 Å². The van der Waals surface area contributed by atoms with Gasteiger partial charge in [-0.15, -0.1) is 0 Å². The van der Waals surface area contributed by atoms with Crippen molar-refractivity contribution in [2.24, 2.45) is 0 Å². The molecule has 2 aromatic heterocycles. The van der Waals surface area contributed by atoms with E-state index in [2.05, 4.69) is 65.8 Å². The van der Waals surface area contributed by atoms with Crippen molar-refractivity contribution < 1.29 is 22.3 Å². The number of rotatable bonds is 15. The molecule has 0 spiro atoms. The number of hydrogen-bond donors (Lipinski definition) is 1. The summed E-state index contributed by atoms with van der Waals surface area (Å²) in [5.41, 5.74) is 3.55. The molecule has 11 heteroatoms. The number of unbranched alkanes of at least 4 members (excludes halogenated alkanes) is 2. The zero-order chi connectivity index (χ0) is 28.2. The lowest BCUT2D eigenvalue weighted by Gasteiger charge is -2.22. The Hall–Kier alpha value is -1.30. The summed E-state index contributed by atoms with van der Waals surface area (Å²) < 4.78 is 45.7. The number of fused-ring (bicyclic) bond motifs is 1. The van der Waals surface area contributed by atoms with E-state index >= 15 is 0 Å². The number of sulfonamides is 1. The van der Waals surface area contributed by atoms with Gasteiger partial charge in [-0.2, -0.15) is 4.98 Å². The van der Waals surface area contributed by atoms with Gasteiger partial charge in [0.2, 0.25) is 15.7 Å². The van der Waals surface area contributed by atoms with E-state index in [0.29, 0.717) is 23.8 Å². The van der Waals surface area contributed by atoms with Crippen LogP contribution >= 0.6 is 30.5 Å². The normalized spacial score (nSPS) is 18.0. The van der Waals surface area contributed by atoms with Gasteiger partial charge in [-0.1, -0.05) is 45.5 Å². The van der Waals surface area contributed by atoms with Gasteiger partial charge in [0.25, 0.3) is 0 Å². The zero-order valence-electron chi connectivity index (χ0n) is 23.4. The van der Waals surface area contributed by atoms with Crippen molar-refractivity contribution in [3.63, 3.8) is 0 Å². The maximum Gasteiger partial charge on any atom is 0.233 e. The number of ether oxygens (including phenoxy) is 2. The van der Waals surface area contributed by atoms with Crippen LogP contribution in [-0.4, -0.2) is 65.3 Å². The van der Waals surface area contributed by atoms with Crippen molar-refractivity contribution in [1.82, 2.24) is 10.3 Å². The largest absolute Gasteiger partial charge is 0.437 e. The van der Waals surface area contributed by atoms with Gasteiger partial charge in [-0.05, 0) is 80.3 Å². The number of furan rings is 1. The van der Waals surface area contributed by atoms with E-state index in [1.165, 1.54) is 16.1 Å². The van der Waals surface area contributed by atoms with E-state index in [-0.39, 0.29) is 20.3 Å². The summed E-state index contributed by atoms with van der Waals surface area (Å²) in [7, 11) is -1.80. The minimum absolute atomic E-state index is 0.0954. The van der Waals surface area contributed by atoms with Crippen molar-refractivity contribution >= 4 is 57.5 Å². The maximum absolute atomic E-state index is 12.9. The van der Waals surface area contributed by atoms with Crippen molar-refractivity contribution in [3.8, 4) is 11.3 Å². The van der Waals surface area contributed by atoms with Gasteiger partial charge in [0.15, 0.2) is 5.82 Å². The molecule has 4 rings (SSSR count). The average molecular weight is 688 g/mol. The predicted octanol–water partition coefficient (Wildman–Crippen LogP) is 6.32. The summed E-state index contributed by atoms with van der Waals surface area (Å²) in [6, 6.07) is 10.3. The Morgan fingerprint density at radius 2 is 1.92 bits per heavy atom. The van der Waals surface area contributed by atoms with Crippen LogP contribution in [0, 0.1) is 3.57 Å². The van der Waals surface area contributed by atoms with Crippen LogP contribution in [0.25, 0.3) is 22.4 Å². The number of likely N-dealkylation sites (N-methyl/N-ethyl adjacent to an activating group) is 1. The van der Waals surface area contributed by atoms with Gasteiger partial charge in [-0.25, -0.2) is 8.42 Å². The number of epoxide rings is 1. The molecule has 0 radical (unpaired) electrons. The number of nitrogens with zero attached hydrogens (tertiary/aromatic N) is 2. The summed E-state index contributed by atoms with van der Waals surface area (Å²) in [4.78, 5) is 4.79. The SMILES string of the molecule is CCOCP(C)CCCCCN(c1nc2oc(-c3ccc(CC)cc3)c(C3OC3NC)c2cc1I)S(C)(=O)=O. The van der Waals surface area contributed by atoms with E-state index in [9.17, 15) is 8.42 Å². The highest BCUT2D eigenvalue weighted by Crippen LogP contribution is 2.47.